The number of nitrogens with one attached hydrogen (secondary N) is 1. The van der Waals surface area contributed by atoms with Gasteiger partial charge in [-0.1, -0.05) is 24.3 Å². The van der Waals surface area contributed by atoms with Crippen molar-refractivity contribution in [2.45, 2.75) is 13.1 Å². The number of nitrogens with zero attached hydrogens (tertiary/aromatic N) is 2. The van der Waals surface area contributed by atoms with Crippen LogP contribution >= 0.6 is 0 Å². The number of carbonyl (C=O) groups excluding carboxylic acids is 2. The Bertz CT molecular complexity index is 774. The minimum atomic E-state index is -0.107. The van der Waals surface area contributed by atoms with Crippen molar-refractivity contribution in [2.75, 3.05) is 34.8 Å². The van der Waals surface area contributed by atoms with Crippen LogP contribution in [-0.4, -0.2) is 56.4 Å². The summed E-state index contributed by atoms with van der Waals surface area (Å²) in [5.74, 6) is 0.720. The summed E-state index contributed by atoms with van der Waals surface area (Å²) in [7, 11) is 6.94. The van der Waals surface area contributed by atoms with E-state index in [0.717, 1.165) is 16.9 Å². The number of carbonyl (C=O) groups is 2. The summed E-state index contributed by atoms with van der Waals surface area (Å²) in [6.07, 6.45) is 0. The van der Waals surface area contributed by atoms with Gasteiger partial charge in [0.25, 0.3) is 5.91 Å². The Morgan fingerprint density at radius 2 is 1.70 bits per heavy atom. The fourth-order valence-electron chi connectivity index (χ4n) is 2.76. The molecule has 0 aliphatic rings. The summed E-state index contributed by atoms with van der Waals surface area (Å²) < 4.78 is 5.22. The smallest absolute Gasteiger partial charge is 0.251 e. The third kappa shape index (κ3) is 6.11. The molecule has 0 unspecified atom stereocenters. The summed E-state index contributed by atoms with van der Waals surface area (Å²) in [5, 5.41) is 2.60. The van der Waals surface area contributed by atoms with Crippen molar-refractivity contribution in [3.8, 4) is 5.75 Å². The van der Waals surface area contributed by atoms with Gasteiger partial charge in [-0.2, -0.15) is 0 Å². The molecule has 0 aliphatic heterocycles. The Hall–Kier alpha value is -2.86. The van der Waals surface area contributed by atoms with Crippen LogP contribution in [0.3, 0.4) is 0 Å². The zero-order valence-corrected chi connectivity index (χ0v) is 16.4. The van der Waals surface area contributed by atoms with Crippen molar-refractivity contribution < 1.29 is 14.3 Å². The van der Waals surface area contributed by atoms with E-state index in [0.29, 0.717) is 25.2 Å². The summed E-state index contributed by atoms with van der Waals surface area (Å²) in [5.41, 5.74) is 2.70. The summed E-state index contributed by atoms with van der Waals surface area (Å²) >= 11 is 0. The molecule has 0 radical (unpaired) electrons. The molecule has 0 spiro atoms. The number of methoxy groups -OCH3 is 1. The number of benzene rings is 2. The van der Waals surface area contributed by atoms with Crippen molar-refractivity contribution in [1.29, 1.82) is 0 Å². The molecule has 2 amide bonds. The zero-order chi connectivity index (χ0) is 19.8. The standard InChI is InChI=1S/C21H27N3O3/c1-22-21(26)18-10-8-16(9-11-18)13-23(2)15-20(25)24(3)14-17-6-5-7-19(12-17)27-4/h5-12H,13-15H2,1-4H3,(H,22,26). The van der Waals surface area contributed by atoms with Gasteiger partial charge in [-0.05, 0) is 42.4 Å². The molecular formula is C21H27N3O3. The van der Waals surface area contributed by atoms with Gasteiger partial charge in [0, 0.05) is 32.7 Å². The average Bonchev–Trinajstić information content (AvgIpc) is 2.67. The number of ether oxygens (including phenoxy) is 1. The van der Waals surface area contributed by atoms with E-state index in [2.05, 4.69) is 5.32 Å². The van der Waals surface area contributed by atoms with Crippen LogP contribution in [0.5, 0.6) is 5.75 Å². The van der Waals surface area contributed by atoms with Crippen molar-refractivity contribution in [2.24, 2.45) is 0 Å². The van der Waals surface area contributed by atoms with Crippen LogP contribution < -0.4 is 10.1 Å². The maximum absolute atomic E-state index is 12.5. The first-order chi connectivity index (χ1) is 12.9. The van der Waals surface area contributed by atoms with E-state index in [4.69, 9.17) is 4.74 Å². The Kier molecular flexibility index (Phi) is 7.37. The Morgan fingerprint density at radius 3 is 2.33 bits per heavy atom. The number of hydrogen-bond donors (Lipinski definition) is 1. The van der Waals surface area contributed by atoms with Crippen LogP contribution in [-0.2, 0) is 17.9 Å². The first-order valence-electron chi connectivity index (χ1n) is 8.79. The lowest BCUT2D eigenvalue weighted by atomic mass is 10.1. The van der Waals surface area contributed by atoms with Gasteiger partial charge in [0.1, 0.15) is 5.75 Å². The third-order valence-corrected chi connectivity index (χ3v) is 4.28. The zero-order valence-electron chi connectivity index (χ0n) is 16.4. The minimum Gasteiger partial charge on any atom is -0.497 e. The number of hydrogen-bond acceptors (Lipinski definition) is 4. The fraction of sp³-hybridized carbons (Fsp3) is 0.333. The molecule has 6 nitrogen and oxygen atoms in total. The molecule has 2 aromatic rings. The Balaban J connectivity index is 1.87. The minimum absolute atomic E-state index is 0.0438. The molecule has 2 rings (SSSR count). The lowest BCUT2D eigenvalue weighted by Gasteiger charge is -2.22. The van der Waals surface area contributed by atoms with Crippen LogP contribution in [0.1, 0.15) is 21.5 Å². The van der Waals surface area contributed by atoms with Crippen molar-refractivity contribution in [3.63, 3.8) is 0 Å². The molecule has 0 atom stereocenters. The maximum Gasteiger partial charge on any atom is 0.251 e. The van der Waals surface area contributed by atoms with E-state index < -0.39 is 0 Å². The number of likely N-dealkylation sites (N-methyl/N-ethyl adjacent to an activating group) is 2. The van der Waals surface area contributed by atoms with Gasteiger partial charge in [0.2, 0.25) is 5.91 Å². The molecule has 2 aromatic carbocycles. The first-order valence-corrected chi connectivity index (χ1v) is 8.79. The second-order valence-corrected chi connectivity index (χ2v) is 6.55. The molecule has 1 N–H and O–H groups in total. The van der Waals surface area contributed by atoms with E-state index in [1.54, 1.807) is 38.2 Å². The van der Waals surface area contributed by atoms with Gasteiger partial charge in [0.05, 0.1) is 13.7 Å². The predicted octanol–water partition coefficient (Wildman–Crippen LogP) is 2.15. The molecule has 144 valence electrons. The van der Waals surface area contributed by atoms with Gasteiger partial charge in [-0.15, -0.1) is 0 Å². The quantitative estimate of drug-likeness (QED) is 0.774. The lowest BCUT2D eigenvalue weighted by Crippen LogP contribution is -2.36. The first kappa shape index (κ1) is 20.5. The van der Waals surface area contributed by atoms with E-state index >= 15 is 0 Å². The third-order valence-electron chi connectivity index (χ3n) is 4.28. The van der Waals surface area contributed by atoms with Gasteiger partial charge in [-0.3, -0.25) is 14.5 Å². The largest absolute Gasteiger partial charge is 0.497 e. The van der Waals surface area contributed by atoms with Crippen molar-refractivity contribution >= 4 is 11.8 Å². The van der Waals surface area contributed by atoms with Gasteiger partial charge < -0.3 is 15.0 Å². The maximum atomic E-state index is 12.5. The molecule has 0 aromatic heterocycles. The molecular weight excluding hydrogens is 342 g/mol. The number of rotatable bonds is 8. The molecule has 0 saturated carbocycles. The van der Waals surface area contributed by atoms with Gasteiger partial charge in [-0.25, -0.2) is 0 Å². The molecule has 27 heavy (non-hydrogen) atoms. The van der Waals surface area contributed by atoms with Crippen LogP contribution in [0.15, 0.2) is 48.5 Å². The van der Waals surface area contributed by atoms with E-state index in [-0.39, 0.29) is 11.8 Å². The lowest BCUT2D eigenvalue weighted by molar-refractivity contribution is -0.131. The SMILES string of the molecule is CNC(=O)c1ccc(CN(C)CC(=O)N(C)Cc2cccc(OC)c2)cc1. The monoisotopic (exact) mass is 369 g/mol. The predicted molar refractivity (Wildman–Crippen MR) is 106 cm³/mol. The second kappa shape index (κ2) is 9.73. The second-order valence-electron chi connectivity index (χ2n) is 6.55. The fourth-order valence-corrected chi connectivity index (χ4v) is 2.76. The molecule has 0 heterocycles. The van der Waals surface area contributed by atoms with E-state index in [1.807, 2.05) is 48.3 Å². The molecule has 6 heteroatoms. The van der Waals surface area contributed by atoms with Crippen molar-refractivity contribution in [1.82, 2.24) is 15.1 Å². The van der Waals surface area contributed by atoms with Crippen LogP contribution in [0.25, 0.3) is 0 Å². The summed E-state index contributed by atoms with van der Waals surface area (Å²) in [6.45, 7) is 1.48. The number of amides is 2. The molecule has 0 fully saturated rings. The van der Waals surface area contributed by atoms with Crippen LogP contribution in [0.2, 0.25) is 0 Å². The Labute approximate surface area is 160 Å². The topological polar surface area (TPSA) is 61.9 Å². The van der Waals surface area contributed by atoms with Gasteiger partial charge in [0.15, 0.2) is 0 Å². The van der Waals surface area contributed by atoms with Gasteiger partial charge >= 0.3 is 0 Å². The highest BCUT2D eigenvalue weighted by Crippen LogP contribution is 2.14. The Morgan fingerprint density at radius 1 is 1.00 bits per heavy atom. The summed E-state index contributed by atoms with van der Waals surface area (Å²) in [4.78, 5) is 27.7. The molecule has 0 saturated heterocycles. The summed E-state index contributed by atoms with van der Waals surface area (Å²) in [6, 6.07) is 15.1. The average molecular weight is 369 g/mol. The van der Waals surface area contributed by atoms with Crippen LogP contribution in [0, 0.1) is 0 Å². The van der Waals surface area contributed by atoms with Crippen LogP contribution in [0.4, 0.5) is 0 Å². The van der Waals surface area contributed by atoms with E-state index in [1.165, 1.54) is 0 Å². The van der Waals surface area contributed by atoms with E-state index in [9.17, 15) is 9.59 Å². The highest BCUT2D eigenvalue weighted by Gasteiger charge is 2.13. The molecule has 0 aliphatic carbocycles. The molecule has 0 bridgehead atoms. The normalized spacial score (nSPS) is 10.6. The highest BCUT2D eigenvalue weighted by atomic mass is 16.5. The van der Waals surface area contributed by atoms with Crippen molar-refractivity contribution in [3.05, 3.63) is 65.2 Å². The highest BCUT2D eigenvalue weighted by molar-refractivity contribution is 5.93.